The Kier molecular flexibility index (Phi) is 3.85. The molecule has 0 saturated heterocycles. The van der Waals surface area contributed by atoms with E-state index in [-0.39, 0.29) is 11.4 Å². The summed E-state index contributed by atoms with van der Waals surface area (Å²) in [6, 6.07) is 17.8. The zero-order valence-electron chi connectivity index (χ0n) is 14.0. The van der Waals surface area contributed by atoms with Crippen molar-refractivity contribution in [1.29, 1.82) is 0 Å². The van der Waals surface area contributed by atoms with Crippen LogP contribution in [0.5, 0.6) is 0 Å². The summed E-state index contributed by atoms with van der Waals surface area (Å²) in [5, 5.41) is 0. The summed E-state index contributed by atoms with van der Waals surface area (Å²) in [7, 11) is 0. The van der Waals surface area contributed by atoms with Gasteiger partial charge in [-0.2, -0.15) is 0 Å². The quantitative estimate of drug-likeness (QED) is 0.557. The van der Waals surface area contributed by atoms with Gasteiger partial charge in [0.1, 0.15) is 11.5 Å². The Balaban J connectivity index is 1.77. The molecular formula is C22H18O3. The smallest absolute Gasteiger partial charge is 0.336 e. The van der Waals surface area contributed by atoms with Gasteiger partial charge in [0.05, 0.1) is 0 Å². The van der Waals surface area contributed by atoms with Crippen LogP contribution in [0.1, 0.15) is 30.0 Å². The highest BCUT2D eigenvalue weighted by Gasteiger charge is 2.19. The number of hydrogen-bond donors (Lipinski definition) is 0. The molecule has 0 spiro atoms. The lowest BCUT2D eigenvalue weighted by Crippen LogP contribution is -2.03. The van der Waals surface area contributed by atoms with Crippen LogP contribution in [0.2, 0.25) is 0 Å². The number of Topliss-reactive ketones (excluding diaryl/α,β-unsaturated/α-hetero) is 1. The Morgan fingerprint density at radius 1 is 1.00 bits per heavy atom. The lowest BCUT2D eigenvalue weighted by atomic mass is 9.98. The summed E-state index contributed by atoms with van der Waals surface area (Å²) in [6.45, 7) is 1.57. The lowest BCUT2D eigenvalue weighted by Gasteiger charge is -2.09. The maximum Gasteiger partial charge on any atom is 0.336 e. The molecule has 3 nitrogen and oxygen atoms in total. The molecule has 0 aliphatic heterocycles. The first-order valence-electron chi connectivity index (χ1n) is 8.46. The van der Waals surface area contributed by atoms with Gasteiger partial charge in [-0.05, 0) is 59.7 Å². The molecule has 0 unspecified atom stereocenters. The van der Waals surface area contributed by atoms with Gasteiger partial charge in [0.25, 0.3) is 0 Å². The molecule has 0 atom stereocenters. The van der Waals surface area contributed by atoms with E-state index >= 15 is 0 Å². The van der Waals surface area contributed by atoms with Gasteiger partial charge in [-0.3, -0.25) is 0 Å². The van der Waals surface area contributed by atoms with Crippen molar-refractivity contribution in [2.45, 2.75) is 26.2 Å². The molecule has 1 aromatic heterocycles. The van der Waals surface area contributed by atoms with Crippen LogP contribution in [0.3, 0.4) is 0 Å². The summed E-state index contributed by atoms with van der Waals surface area (Å²) in [4.78, 5) is 23.1. The van der Waals surface area contributed by atoms with Gasteiger partial charge in [-0.25, -0.2) is 4.79 Å². The third-order valence-corrected chi connectivity index (χ3v) is 4.72. The topological polar surface area (TPSA) is 47.3 Å². The molecule has 25 heavy (non-hydrogen) atoms. The number of benzene rings is 2. The van der Waals surface area contributed by atoms with E-state index in [0.717, 1.165) is 17.5 Å². The first kappa shape index (κ1) is 15.6. The van der Waals surface area contributed by atoms with E-state index in [1.807, 2.05) is 6.07 Å². The third-order valence-electron chi connectivity index (χ3n) is 4.72. The molecular weight excluding hydrogens is 312 g/mol. The Hall–Kier alpha value is -2.94. The second kappa shape index (κ2) is 6.17. The molecule has 0 amide bonds. The third kappa shape index (κ3) is 2.93. The first-order chi connectivity index (χ1) is 12.1. The van der Waals surface area contributed by atoms with Gasteiger partial charge >= 0.3 is 5.63 Å². The Morgan fingerprint density at radius 2 is 1.80 bits per heavy atom. The van der Waals surface area contributed by atoms with Crippen molar-refractivity contribution in [3.63, 3.8) is 0 Å². The minimum atomic E-state index is -0.370. The summed E-state index contributed by atoms with van der Waals surface area (Å²) >= 11 is 0. The molecule has 1 aliphatic rings. The second-order valence-corrected chi connectivity index (χ2v) is 6.52. The number of fused-ring (bicyclic) bond motifs is 3. The van der Waals surface area contributed by atoms with Crippen molar-refractivity contribution in [2.75, 3.05) is 0 Å². The molecule has 0 saturated carbocycles. The summed E-state index contributed by atoms with van der Waals surface area (Å²) < 4.78 is 5.50. The number of ketones is 1. The van der Waals surface area contributed by atoms with Crippen LogP contribution in [0.15, 0.2) is 63.8 Å². The summed E-state index contributed by atoms with van der Waals surface area (Å²) in [5.41, 5.74) is 6.49. The van der Waals surface area contributed by atoms with Crippen LogP contribution < -0.4 is 5.63 Å². The standard InChI is InChI=1S/C22H18O3/c1-14(23)6-7-15-9-11-21(24)25-22(15)17-8-10-20-18(13-17)12-16-4-2-3-5-19(16)20/h2-5,8-11,13H,6-7,12H2,1H3. The highest BCUT2D eigenvalue weighted by molar-refractivity contribution is 5.80. The fraction of sp³-hybridized carbons (Fsp3) is 0.182. The van der Waals surface area contributed by atoms with Crippen molar-refractivity contribution in [3.05, 3.63) is 81.7 Å². The van der Waals surface area contributed by atoms with Crippen LogP contribution in [0.4, 0.5) is 0 Å². The van der Waals surface area contributed by atoms with Gasteiger partial charge in [0.2, 0.25) is 0 Å². The molecule has 0 N–H and O–H groups in total. The molecule has 0 radical (unpaired) electrons. The van der Waals surface area contributed by atoms with Crippen molar-refractivity contribution >= 4 is 5.78 Å². The second-order valence-electron chi connectivity index (χ2n) is 6.52. The van der Waals surface area contributed by atoms with Crippen molar-refractivity contribution in [3.8, 4) is 22.5 Å². The summed E-state index contributed by atoms with van der Waals surface area (Å²) in [5.74, 6) is 0.703. The van der Waals surface area contributed by atoms with E-state index < -0.39 is 0 Å². The fourth-order valence-corrected chi connectivity index (χ4v) is 3.48. The highest BCUT2D eigenvalue weighted by Crippen LogP contribution is 2.38. The van der Waals surface area contributed by atoms with Gasteiger partial charge in [-0.1, -0.05) is 36.4 Å². The van der Waals surface area contributed by atoms with E-state index in [4.69, 9.17) is 4.42 Å². The fourth-order valence-electron chi connectivity index (χ4n) is 3.48. The van der Waals surface area contributed by atoms with Gasteiger partial charge in [0, 0.05) is 18.1 Å². The zero-order chi connectivity index (χ0) is 17.4. The zero-order valence-corrected chi connectivity index (χ0v) is 14.0. The minimum Gasteiger partial charge on any atom is -0.422 e. The normalized spacial score (nSPS) is 11.9. The molecule has 0 fully saturated rings. The van der Waals surface area contributed by atoms with E-state index in [9.17, 15) is 9.59 Å². The van der Waals surface area contributed by atoms with Crippen LogP contribution in [0.25, 0.3) is 22.5 Å². The van der Waals surface area contributed by atoms with Crippen LogP contribution in [0, 0.1) is 0 Å². The Morgan fingerprint density at radius 3 is 2.64 bits per heavy atom. The van der Waals surface area contributed by atoms with Crippen molar-refractivity contribution in [2.24, 2.45) is 0 Å². The van der Waals surface area contributed by atoms with Crippen molar-refractivity contribution < 1.29 is 9.21 Å². The van der Waals surface area contributed by atoms with Crippen molar-refractivity contribution in [1.82, 2.24) is 0 Å². The molecule has 3 aromatic rings. The predicted molar refractivity (Wildman–Crippen MR) is 97.7 cm³/mol. The number of carbonyl (C=O) groups excluding carboxylic acids is 1. The maximum absolute atomic E-state index is 11.7. The van der Waals surface area contributed by atoms with E-state index in [1.54, 1.807) is 13.0 Å². The van der Waals surface area contributed by atoms with E-state index in [0.29, 0.717) is 18.6 Å². The van der Waals surface area contributed by atoms with Gasteiger partial charge in [-0.15, -0.1) is 0 Å². The van der Waals surface area contributed by atoms with E-state index in [2.05, 4.69) is 36.4 Å². The molecule has 4 rings (SSSR count). The Labute approximate surface area is 145 Å². The molecule has 0 bridgehead atoms. The average molecular weight is 330 g/mol. The molecule has 3 heteroatoms. The maximum atomic E-state index is 11.7. The molecule has 2 aromatic carbocycles. The van der Waals surface area contributed by atoms with Crippen LogP contribution >= 0.6 is 0 Å². The Bertz CT molecular complexity index is 1030. The number of hydrogen-bond acceptors (Lipinski definition) is 3. The van der Waals surface area contributed by atoms with Gasteiger partial charge < -0.3 is 9.21 Å². The largest absolute Gasteiger partial charge is 0.422 e. The first-order valence-corrected chi connectivity index (χ1v) is 8.46. The highest BCUT2D eigenvalue weighted by atomic mass is 16.4. The minimum absolute atomic E-state index is 0.126. The van der Waals surface area contributed by atoms with Crippen LogP contribution in [-0.4, -0.2) is 5.78 Å². The van der Waals surface area contributed by atoms with Gasteiger partial charge in [0.15, 0.2) is 0 Å². The molecule has 1 heterocycles. The number of aryl methyl sites for hydroxylation is 1. The number of carbonyl (C=O) groups is 1. The number of rotatable bonds is 4. The average Bonchev–Trinajstić information content (AvgIpc) is 2.98. The van der Waals surface area contributed by atoms with E-state index in [1.165, 1.54) is 28.3 Å². The SMILES string of the molecule is CC(=O)CCc1ccc(=O)oc1-c1ccc2c(c1)Cc1ccccc1-2. The van der Waals surface area contributed by atoms with Crippen LogP contribution in [-0.2, 0) is 17.6 Å². The predicted octanol–water partition coefficient (Wildman–Crippen LogP) is 4.40. The monoisotopic (exact) mass is 330 g/mol. The summed E-state index contributed by atoms with van der Waals surface area (Å²) in [6.07, 6.45) is 1.90. The lowest BCUT2D eigenvalue weighted by molar-refractivity contribution is -0.116. The molecule has 124 valence electrons. The molecule has 1 aliphatic carbocycles.